The number of hydrogen-bond donors (Lipinski definition) is 1. The van der Waals surface area contributed by atoms with Gasteiger partial charge in [0.15, 0.2) is 6.61 Å². The molecule has 3 fully saturated rings. The molecular formula is C24H33N3O5. The molecule has 32 heavy (non-hydrogen) atoms. The summed E-state index contributed by atoms with van der Waals surface area (Å²) in [5, 5.41) is 2.91. The molecule has 1 N–H and O–H groups in total. The second-order valence-corrected chi connectivity index (χ2v) is 8.90. The zero-order valence-corrected chi connectivity index (χ0v) is 18.8. The highest BCUT2D eigenvalue weighted by Crippen LogP contribution is 2.32. The predicted octanol–water partition coefficient (Wildman–Crippen LogP) is 1.98. The van der Waals surface area contributed by atoms with Crippen LogP contribution in [-0.4, -0.2) is 78.6 Å². The number of rotatable bonds is 8. The standard InChI is InChI=1S/C24H33N3O5/c1-17(28)26-12-10-19(11-13-26)27(18-8-9-18)23(29)16-32-22-7-3-2-6-21(22)24(30)25-15-20-5-4-14-31-20/h2-3,6-7,18-20H,4-5,8-16H2,1H3,(H,25,30)/t20-/m0/s1. The van der Waals surface area contributed by atoms with Gasteiger partial charge < -0.3 is 24.6 Å². The Bertz CT molecular complexity index is 827. The number of ether oxygens (including phenoxy) is 2. The Balaban J connectivity index is 1.33. The van der Waals surface area contributed by atoms with Crippen LogP contribution in [0.5, 0.6) is 5.75 Å². The first-order valence-electron chi connectivity index (χ1n) is 11.7. The summed E-state index contributed by atoms with van der Waals surface area (Å²) in [7, 11) is 0. The molecule has 1 aromatic carbocycles. The first kappa shape index (κ1) is 22.6. The fourth-order valence-electron chi connectivity index (χ4n) is 4.62. The Kier molecular flexibility index (Phi) is 7.29. The van der Waals surface area contributed by atoms with E-state index in [4.69, 9.17) is 9.47 Å². The monoisotopic (exact) mass is 443 g/mol. The van der Waals surface area contributed by atoms with Crippen LogP contribution >= 0.6 is 0 Å². The molecule has 3 amide bonds. The van der Waals surface area contributed by atoms with Gasteiger partial charge >= 0.3 is 0 Å². The van der Waals surface area contributed by atoms with Crippen LogP contribution in [-0.2, 0) is 14.3 Å². The quantitative estimate of drug-likeness (QED) is 0.664. The van der Waals surface area contributed by atoms with Crippen molar-refractivity contribution in [1.29, 1.82) is 0 Å². The SMILES string of the molecule is CC(=O)N1CCC(N(C(=O)COc2ccccc2C(=O)NC[C@@H]2CCCO2)C2CC2)CC1. The van der Waals surface area contributed by atoms with Crippen molar-refractivity contribution in [1.82, 2.24) is 15.1 Å². The molecule has 0 spiro atoms. The number of hydrogen-bond acceptors (Lipinski definition) is 5. The highest BCUT2D eigenvalue weighted by molar-refractivity contribution is 5.97. The molecule has 8 nitrogen and oxygen atoms in total. The van der Waals surface area contributed by atoms with Gasteiger partial charge in [-0.25, -0.2) is 0 Å². The third-order valence-corrected chi connectivity index (χ3v) is 6.53. The number of carbonyl (C=O) groups is 3. The molecule has 1 atom stereocenters. The third-order valence-electron chi connectivity index (χ3n) is 6.53. The van der Waals surface area contributed by atoms with Crippen LogP contribution in [0.3, 0.4) is 0 Å². The zero-order valence-electron chi connectivity index (χ0n) is 18.8. The van der Waals surface area contributed by atoms with Crippen molar-refractivity contribution in [2.75, 3.05) is 32.8 Å². The van der Waals surface area contributed by atoms with Crippen molar-refractivity contribution in [2.45, 2.75) is 63.6 Å². The Morgan fingerprint density at radius 2 is 1.81 bits per heavy atom. The lowest BCUT2D eigenvalue weighted by molar-refractivity contribution is -0.138. The molecule has 174 valence electrons. The van der Waals surface area contributed by atoms with Crippen LogP contribution in [0.25, 0.3) is 0 Å². The Morgan fingerprint density at radius 3 is 2.47 bits per heavy atom. The molecule has 2 saturated heterocycles. The smallest absolute Gasteiger partial charge is 0.261 e. The van der Waals surface area contributed by atoms with Crippen LogP contribution in [0.15, 0.2) is 24.3 Å². The molecular weight excluding hydrogens is 410 g/mol. The maximum Gasteiger partial charge on any atom is 0.261 e. The van der Waals surface area contributed by atoms with E-state index in [1.807, 2.05) is 9.80 Å². The number of amides is 3. The normalized spacial score (nSPS) is 21.3. The largest absolute Gasteiger partial charge is 0.483 e. The summed E-state index contributed by atoms with van der Waals surface area (Å²) in [6, 6.07) is 7.42. The lowest BCUT2D eigenvalue weighted by atomic mass is 10.0. The van der Waals surface area contributed by atoms with Crippen LogP contribution in [0.2, 0.25) is 0 Å². The summed E-state index contributed by atoms with van der Waals surface area (Å²) in [6.45, 7) is 4.08. The van der Waals surface area contributed by atoms with Gasteiger partial charge in [-0.15, -0.1) is 0 Å². The summed E-state index contributed by atoms with van der Waals surface area (Å²) in [5.74, 6) is 0.223. The first-order valence-corrected chi connectivity index (χ1v) is 11.7. The van der Waals surface area contributed by atoms with Gasteiger partial charge in [0.05, 0.1) is 11.7 Å². The Morgan fingerprint density at radius 1 is 1.09 bits per heavy atom. The van der Waals surface area contributed by atoms with Crippen molar-refractivity contribution >= 4 is 17.7 Å². The molecule has 4 rings (SSSR count). The van der Waals surface area contributed by atoms with E-state index in [9.17, 15) is 14.4 Å². The summed E-state index contributed by atoms with van der Waals surface area (Å²) >= 11 is 0. The molecule has 2 heterocycles. The molecule has 1 saturated carbocycles. The second kappa shape index (κ2) is 10.3. The topological polar surface area (TPSA) is 88.2 Å². The fraction of sp³-hybridized carbons (Fsp3) is 0.625. The van der Waals surface area contributed by atoms with E-state index in [0.29, 0.717) is 30.9 Å². The van der Waals surface area contributed by atoms with Gasteiger partial charge in [0, 0.05) is 45.2 Å². The summed E-state index contributed by atoms with van der Waals surface area (Å²) in [5.41, 5.74) is 0.422. The van der Waals surface area contributed by atoms with Crippen molar-refractivity contribution in [3.8, 4) is 5.75 Å². The highest BCUT2D eigenvalue weighted by Gasteiger charge is 2.39. The Labute approximate surface area is 189 Å². The zero-order chi connectivity index (χ0) is 22.5. The van der Waals surface area contributed by atoms with E-state index in [1.165, 1.54) is 0 Å². The molecule has 1 aliphatic carbocycles. The molecule has 1 aromatic rings. The van der Waals surface area contributed by atoms with Crippen molar-refractivity contribution < 1.29 is 23.9 Å². The van der Waals surface area contributed by atoms with E-state index >= 15 is 0 Å². The minimum atomic E-state index is -0.223. The fourth-order valence-corrected chi connectivity index (χ4v) is 4.62. The minimum Gasteiger partial charge on any atom is -0.483 e. The third kappa shape index (κ3) is 5.59. The highest BCUT2D eigenvalue weighted by atomic mass is 16.5. The first-order chi connectivity index (χ1) is 15.5. The van der Waals surface area contributed by atoms with Gasteiger partial charge in [-0.1, -0.05) is 12.1 Å². The van der Waals surface area contributed by atoms with E-state index in [0.717, 1.165) is 45.1 Å². The number of para-hydroxylation sites is 1. The molecule has 0 unspecified atom stereocenters. The Hall–Kier alpha value is -2.61. The summed E-state index contributed by atoms with van der Waals surface area (Å²) in [6.07, 6.45) is 5.66. The van der Waals surface area contributed by atoms with Gasteiger partial charge in [-0.05, 0) is 50.7 Å². The van der Waals surface area contributed by atoms with Crippen LogP contribution in [0.1, 0.15) is 55.8 Å². The van der Waals surface area contributed by atoms with E-state index < -0.39 is 0 Å². The van der Waals surface area contributed by atoms with Gasteiger partial charge in [-0.2, -0.15) is 0 Å². The molecule has 0 aromatic heterocycles. The van der Waals surface area contributed by atoms with E-state index in [1.54, 1.807) is 31.2 Å². The molecule has 2 aliphatic heterocycles. The van der Waals surface area contributed by atoms with Gasteiger partial charge in [0.25, 0.3) is 11.8 Å². The summed E-state index contributed by atoms with van der Waals surface area (Å²) in [4.78, 5) is 41.2. The molecule has 8 heteroatoms. The van der Waals surface area contributed by atoms with E-state index in [2.05, 4.69) is 5.32 Å². The van der Waals surface area contributed by atoms with Crippen LogP contribution in [0, 0.1) is 0 Å². The van der Waals surface area contributed by atoms with Crippen molar-refractivity contribution in [3.63, 3.8) is 0 Å². The molecule has 3 aliphatic rings. The van der Waals surface area contributed by atoms with Crippen molar-refractivity contribution in [3.05, 3.63) is 29.8 Å². The summed E-state index contributed by atoms with van der Waals surface area (Å²) < 4.78 is 11.4. The van der Waals surface area contributed by atoms with E-state index in [-0.39, 0.29) is 42.5 Å². The van der Waals surface area contributed by atoms with Gasteiger partial charge in [-0.3, -0.25) is 14.4 Å². The maximum absolute atomic E-state index is 13.1. The van der Waals surface area contributed by atoms with Gasteiger partial charge in [0.1, 0.15) is 5.75 Å². The number of nitrogens with one attached hydrogen (secondary N) is 1. The minimum absolute atomic E-state index is 0.0525. The number of carbonyl (C=O) groups excluding carboxylic acids is 3. The average molecular weight is 444 g/mol. The lowest BCUT2D eigenvalue weighted by Gasteiger charge is -2.38. The second-order valence-electron chi connectivity index (χ2n) is 8.90. The van der Waals surface area contributed by atoms with Gasteiger partial charge in [0.2, 0.25) is 5.91 Å². The number of piperidine rings is 1. The lowest BCUT2D eigenvalue weighted by Crippen LogP contribution is -2.50. The number of likely N-dealkylation sites (tertiary alicyclic amines) is 1. The molecule has 0 radical (unpaired) electrons. The van der Waals surface area contributed by atoms with Crippen molar-refractivity contribution in [2.24, 2.45) is 0 Å². The number of benzene rings is 1. The predicted molar refractivity (Wildman–Crippen MR) is 118 cm³/mol. The average Bonchev–Trinajstić information content (AvgIpc) is 3.49. The maximum atomic E-state index is 13.1. The van der Waals surface area contributed by atoms with Crippen LogP contribution in [0.4, 0.5) is 0 Å². The van der Waals surface area contributed by atoms with Crippen LogP contribution < -0.4 is 10.1 Å². The molecule has 0 bridgehead atoms. The number of nitrogens with zero attached hydrogens (tertiary/aromatic N) is 2.